The van der Waals surface area contributed by atoms with E-state index >= 15 is 0 Å². The highest BCUT2D eigenvalue weighted by Gasteiger charge is 1.75. The molecule has 0 heterocycles. The van der Waals surface area contributed by atoms with Crippen molar-refractivity contribution in [3.8, 4) is 0 Å². The molecule has 66 valence electrons. The summed E-state index contributed by atoms with van der Waals surface area (Å²) < 4.78 is 50.3. The molecule has 0 aliphatic carbocycles. The van der Waals surface area contributed by atoms with Crippen LogP contribution in [0.25, 0.3) is 0 Å². The third-order valence-corrected chi connectivity index (χ3v) is 0.267. The van der Waals surface area contributed by atoms with Gasteiger partial charge in [0, 0.05) is 6.42 Å². The first-order chi connectivity index (χ1) is 4.83. The molecular formula is C5H11F5. The number of alkyl halides is 5. The summed E-state index contributed by atoms with van der Waals surface area (Å²) in [5.74, 6) is 0. The summed E-state index contributed by atoms with van der Waals surface area (Å²) in [5.41, 5.74) is 0. The van der Waals surface area contributed by atoms with Crippen molar-refractivity contribution in [3.63, 3.8) is 0 Å². The average molecular weight is 166 g/mol. The van der Waals surface area contributed by atoms with Crippen LogP contribution in [-0.2, 0) is 0 Å². The van der Waals surface area contributed by atoms with E-state index in [4.69, 9.17) is 0 Å². The van der Waals surface area contributed by atoms with Crippen LogP contribution in [0.3, 0.4) is 0 Å². The summed E-state index contributed by atoms with van der Waals surface area (Å²) in [5, 5.41) is 0. The minimum atomic E-state index is -1.75. The zero-order chi connectivity index (χ0) is 8.83. The Bertz CT molecular complexity index is 24.0. The normalized spacial score (nSPS) is 6.60. The molecule has 0 spiro atoms. The molecule has 0 saturated heterocycles. The zero-order valence-electron chi connectivity index (χ0n) is 5.72. The van der Waals surface area contributed by atoms with Crippen LogP contribution in [0.15, 0.2) is 0 Å². The number of hydrogen-bond donors (Lipinski definition) is 0. The van der Waals surface area contributed by atoms with Crippen LogP contribution >= 0.6 is 0 Å². The monoisotopic (exact) mass is 166 g/mol. The molecule has 10 heavy (non-hydrogen) atoms. The smallest absolute Gasteiger partial charge is 0.229 e. The van der Waals surface area contributed by atoms with Crippen LogP contribution in [0.5, 0.6) is 0 Å². The van der Waals surface area contributed by atoms with E-state index in [2.05, 4.69) is 0 Å². The first-order valence-corrected chi connectivity index (χ1v) is 2.45. The van der Waals surface area contributed by atoms with Gasteiger partial charge in [0.15, 0.2) is 0 Å². The van der Waals surface area contributed by atoms with Gasteiger partial charge in [-0.05, 0) is 0 Å². The second-order valence-electron chi connectivity index (χ2n) is 0.833. The fourth-order valence-electron chi connectivity index (χ4n) is 0.0505. The van der Waals surface area contributed by atoms with E-state index in [9.17, 15) is 22.0 Å². The summed E-state index contributed by atoms with van der Waals surface area (Å²) in [7, 11) is 0.500. The molecule has 0 aliphatic rings. The second-order valence-corrected chi connectivity index (χ2v) is 0.833. The molecule has 0 aliphatic heterocycles. The summed E-state index contributed by atoms with van der Waals surface area (Å²) in [6.07, 6.45) is 0.0556. The maximum atomic E-state index is 10.8. The van der Waals surface area contributed by atoms with Crippen molar-refractivity contribution in [2.75, 3.05) is 27.5 Å². The standard InChI is InChI=1S/C3H6F2.CH2F2.CH3F/c4-2-1-3-5;2-1-3;1-2/h1-3H2;1H2;1H3. The van der Waals surface area contributed by atoms with Crippen LogP contribution in [0.2, 0.25) is 0 Å². The van der Waals surface area contributed by atoms with Gasteiger partial charge in [0.1, 0.15) is 0 Å². The first kappa shape index (κ1) is 16.3. The van der Waals surface area contributed by atoms with E-state index < -0.39 is 20.3 Å². The van der Waals surface area contributed by atoms with E-state index in [1.54, 1.807) is 0 Å². The van der Waals surface area contributed by atoms with E-state index in [0.717, 1.165) is 0 Å². The Kier molecular flexibility index (Phi) is 62.0. The Balaban J connectivity index is -0.0000000847. The van der Waals surface area contributed by atoms with Gasteiger partial charge in [-0.25, -0.2) is 8.78 Å². The minimum Gasteiger partial charge on any atom is -0.255 e. The quantitative estimate of drug-likeness (QED) is 0.553. The molecule has 0 rings (SSSR count). The molecule has 0 aromatic carbocycles. The lowest BCUT2D eigenvalue weighted by atomic mass is 10.5. The topological polar surface area (TPSA) is 0 Å². The van der Waals surface area contributed by atoms with E-state index in [-0.39, 0.29) is 6.42 Å². The molecular weight excluding hydrogens is 155 g/mol. The van der Waals surface area contributed by atoms with Crippen LogP contribution in [0.4, 0.5) is 22.0 Å². The van der Waals surface area contributed by atoms with Gasteiger partial charge in [-0.2, -0.15) is 0 Å². The Morgan fingerprint density at radius 2 is 1.00 bits per heavy atom. The zero-order valence-corrected chi connectivity index (χ0v) is 5.72. The minimum absolute atomic E-state index is 0.0556. The average Bonchev–Trinajstić information content (AvgIpc) is 1.96. The summed E-state index contributed by atoms with van der Waals surface area (Å²) in [6.45, 7) is -2.81. The highest BCUT2D eigenvalue weighted by molar-refractivity contribution is 4.23. The van der Waals surface area contributed by atoms with Crippen molar-refractivity contribution >= 4 is 0 Å². The molecule has 0 nitrogen and oxygen atoms in total. The Morgan fingerprint density at radius 1 is 0.800 bits per heavy atom. The van der Waals surface area contributed by atoms with Crippen molar-refractivity contribution in [1.29, 1.82) is 0 Å². The van der Waals surface area contributed by atoms with Crippen molar-refractivity contribution < 1.29 is 22.0 Å². The van der Waals surface area contributed by atoms with Gasteiger partial charge in [0.2, 0.25) is 6.93 Å². The Hall–Kier alpha value is -0.350. The SMILES string of the molecule is CF.FCCCF.FCF. The van der Waals surface area contributed by atoms with Crippen LogP contribution in [-0.4, -0.2) is 27.5 Å². The summed E-state index contributed by atoms with van der Waals surface area (Å²) >= 11 is 0. The van der Waals surface area contributed by atoms with E-state index in [1.165, 1.54) is 0 Å². The lowest BCUT2D eigenvalue weighted by Gasteiger charge is -1.73. The molecule has 0 N–H and O–H groups in total. The lowest BCUT2D eigenvalue weighted by molar-refractivity contribution is 0.295. The summed E-state index contributed by atoms with van der Waals surface area (Å²) in [6, 6.07) is 0. The number of hydrogen-bond acceptors (Lipinski definition) is 0. The van der Waals surface area contributed by atoms with Crippen LogP contribution in [0, 0.1) is 0 Å². The molecule has 0 bridgehead atoms. The molecule has 0 amide bonds. The highest BCUT2D eigenvalue weighted by Crippen LogP contribution is 1.77. The lowest BCUT2D eigenvalue weighted by Crippen LogP contribution is -1.73. The van der Waals surface area contributed by atoms with Gasteiger partial charge in [-0.15, -0.1) is 0 Å². The fraction of sp³-hybridized carbons (Fsp3) is 1.00. The van der Waals surface area contributed by atoms with Gasteiger partial charge in [-0.1, -0.05) is 0 Å². The number of rotatable bonds is 2. The fourth-order valence-corrected chi connectivity index (χ4v) is 0.0505. The third kappa shape index (κ3) is 124. The first-order valence-electron chi connectivity index (χ1n) is 2.45. The van der Waals surface area contributed by atoms with E-state index in [1.807, 2.05) is 0 Å². The van der Waals surface area contributed by atoms with Crippen molar-refractivity contribution in [2.45, 2.75) is 6.42 Å². The molecule has 0 radical (unpaired) electrons. The van der Waals surface area contributed by atoms with Crippen LogP contribution in [0.1, 0.15) is 6.42 Å². The highest BCUT2D eigenvalue weighted by atomic mass is 19.3. The molecule has 0 saturated carbocycles. The van der Waals surface area contributed by atoms with Crippen molar-refractivity contribution in [3.05, 3.63) is 0 Å². The summed E-state index contributed by atoms with van der Waals surface area (Å²) in [4.78, 5) is 0. The molecule has 0 aromatic heterocycles. The van der Waals surface area contributed by atoms with Gasteiger partial charge < -0.3 is 0 Å². The Labute approximate surface area is 57.0 Å². The van der Waals surface area contributed by atoms with Gasteiger partial charge in [0.05, 0.1) is 20.5 Å². The predicted octanol–water partition coefficient (Wildman–Crippen LogP) is 2.78. The second kappa shape index (κ2) is 38.0. The molecule has 0 atom stereocenters. The molecule has 0 fully saturated rings. The van der Waals surface area contributed by atoms with Crippen molar-refractivity contribution in [1.82, 2.24) is 0 Å². The van der Waals surface area contributed by atoms with Crippen LogP contribution < -0.4 is 0 Å². The molecule has 0 aromatic rings. The van der Waals surface area contributed by atoms with Gasteiger partial charge in [-0.3, -0.25) is 13.2 Å². The largest absolute Gasteiger partial charge is 0.255 e. The molecule has 0 unspecified atom stereocenters. The molecule has 5 heteroatoms. The maximum absolute atomic E-state index is 10.8. The van der Waals surface area contributed by atoms with Gasteiger partial charge in [0.25, 0.3) is 0 Å². The third-order valence-electron chi connectivity index (χ3n) is 0.267. The maximum Gasteiger partial charge on any atom is 0.229 e. The van der Waals surface area contributed by atoms with E-state index in [0.29, 0.717) is 7.18 Å². The van der Waals surface area contributed by atoms with Crippen molar-refractivity contribution in [2.24, 2.45) is 0 Å². The van der Waals surface area contributed by atoms with Gasteiger partial charge >= 0.3 is 0 Å². The Morgan fingerprint density at radius 3 is 1.00 bits per heavy atom. The predicted molar refractivity (Wildman–Crippen MR) is 30.7 cm³/mol. The number of halogens is 5.